The van der Waals surface area contributed by atoms with Gasteiger partial charge in [-0.2, -0.15) is 0 Å². The van der Waals surface area contributed by atoms with Crippen LogP contribution in [0.5, 0.6) is 5.75 Å². The van der Waals surface area contributed by atoms with Gasteiger partial charge in [0.25, 0.3) is 5.91 Å². The zero-order valence-corrected chi connectivity index (χ0v) is 19.4. The van der Waals surface area contributed by atoms with Crippen LogP contribution in [0.3, 0.4) is 0 Å². The lowest BCUT2D eigenvalue weighted by atomic mass is 10.1. The van der Waals surface area contributed by atoms with E-state index >= 15 is 0 Å². The molecule has 29 heavy (non-hydrogen) atoms. The number of rotatable bonds is 10. The highest BCUT2D eigenvalue weighted by atomic mass is 127. The van der Waals surface area contributed by atoms with Crippen molar-refractivity contribution in [1.82, 2.24) is 16.0 Å². The van der Waals surface area contributed by atoms with E-state index in [9.17, 15) is 4.79 Å². The van der Waals surface area contributed by atoms with Crippen LogP contribution in [-0.2, 0) is 6.54 Å². The zero-order chi connectivity index (χ0) is 20.0. The molecule has 1 amide bonds. The molecule has 0 bridgehead atoms. The molecule has 0 aliphatic carbocycles. The molecule has 0 saturated carbocycles. The Morgan fingerprint density at radius 3 is 2.45 bits per heavy atom. The summed E-state index contributed by atoms with van der Waals surface area (Å²) in [4.78, 5) is 16.6. The number of aliphatic imine (C=N–C) groups is 1. The van der Waals surface area contributed by atoms with E-state index in [4.69, 9.17) is 4.74 Å². The molecule has 3 N–H and O–H groups in total. The monoisotopic (exact) mass is 510 g/mol. The summed E-state index contributed by atoms with van der Waals surface area (Å²) in [6, 6.07) is 17.4. The topological polar surface area (TPSA) is 74.8 Å². The van der Waals surface area contributed by atoms with E-state index in [1.807, 2.05) is 68.4 Å². The molecule has 158 valence electrons. The second-order valence-corrected chi connectivity index (χ2v) is 6.20. The third kappa shape index (κ3) is 9.65. The number of para-hydroxylation sites is 1. The Labute approximate surface area is 190 Å². The average molecular weight is 510 g/mol. The maximum absolute atomic E-state index is 12.0. The molecule has 0 aromatic heterocycles. The van der Waals surface area contributed by atoms with Gasteiger partial charge in [0.15, 0.2) is 5.96 Å². The van der Waals surface area contributed by atoms with Gasteiger partial charge >= 0.3 is 0 Å². The van der Waals surface area contributed by atoms with Gasteiger partial charge in [0.2, 0.25) is 0 Å². The Morgan fingerprint density at radius 1 is 0.966 bits per heavy atom. The van der Waals surface area contributed by atoms with Crippen molar-refractivity contribution in [3.63, 3.8) is 0 Å². The highest BCUT2D eigenvalue weighted by Gasteiger charge is 2.05. The first kappa shape index (κ1) is 24.7. The number of hydrogen-bond acceptors (Lipinski definition) is 3. The molecule has 0 radical (unpaired) electrons. The van der Waals surface area contributed by atoms with Gasteiger partial charge in [-0.3, -0.25) is 4.79 Å². The van der Waals surface area contributed by atoms with Crippen LogP contribution in [0.2, 0.25) is 0 Å². The Bertz CT molecular complexity index is 753. The Morgan fingerprint density at radius 2 is 1.72 bits per heavy atom. The van der Waals surface area contributed by atoms with E-state index in [-0.39, 0.29) is 29.9 Å². The largest absolute Gasteiger partial charge is 0.494 e. The Hall–Kier alpha value is -2.29. The summed E-state index contributed by atoms with van der Waals surface area (Å²) < 4.78 is 5.69. The van der Waals surface area contributed by atoms with Crippen molar-refractivity contribution in [3.8, 4) is 5.75 Å². The number of nitrogens with one attached hydrogen (secondary N) is 3. The summed E-state index contributed by atoms with van der Waals surface area (Å²) in [7, 11) is 0. The molecule has 0 fully saturated rings. The Kier molecular flexibility index (Phi) is 12.5. The van der Waals surface area contributed by atoms with Crippen molar-refractivity contribution in [2.75, 3.05) is 26.2 Å². The van der Waals surface area contributed by atoms with Crippen molar-refractivity contribution in [1.29, 1.82) is 0 Å². The van der Waals surface area contributed by atoms with E-state index in [1.165, 1.54) is 0 Å². The first-order valence-corrected chi connectivity index (χ1v) is 9.80. The van der Waals surface area contributed by atoms with Crippen molar-refractivity contribution in [3.05, 3.63) is 65.7 Å². The summed E-state index contributed by atoms with van der Waals surface area (Å²) in [5.74, 6) is 1.58. The molecule has 7 heteroatoms. The van der Waals surface area contributed by atoms with Gasteiger partial charge in [0.1, 0.15) is 5.75 Å². The fourth-order valence-electron chi connectivity index (χ4n) is 2.57. The van der Waals surface area contributed by atoms with Gasteiger partial charge < -0.3 is 20.7 Å². The van der Waals surface area contributed by atoms with Crippen molar-refractivity contribution in [2.24, 2.45) is 4.99 Å². The molecule has 0 aliphatic rings. The number of hydrogen-bond donors (Lipinski definition) is 3. The quantitative estimate of drug-likeness (QED) is 0.198. The third-order valence-electron chi connectivity index (χ3n) is 3.92. The molecule has 2 aromatic rings. The minimum Gasteiger partial charge on any atom is -0.494 e. The van der Waals surface area contributed by atoms with Gasteiger partial charge in [-0.1, -0.05) is 30.3 Å². The van der Waals surface area contributed by atoms with Crippen LogP contribution in [0, 0.1) is 0 Å². The number of guanidine groups is 1. The molecule has 0 heterocycles. The summed E-state index contributed by atoms with van der Waals surface area (Å²) in [6.45, 7) is 7.25. The fourth-order valence-corrected chi connectivity index (χ4v) is 2.57. The van der Waals surface area contributed by atoms with Gasteiger partial charge in [-0.05, 0) is 50.1 Å². The lowest BCUT2D eigenvalue weighted by Crippen LogP contribution is -2.38. The molecule has 0 saturated heterocycles. The van der Waals surface area contributed by atoms with E-state index in [2.05, 4.69) is 20.9 Å². The number of amides is 1. The predicted molar refractivity (Wildman–Crippen MR) is 129 cm³/mol. The highest BCUT2D eigenvalue weighted by Crippen LogP contribution is 2.08. The van der Waals surface area contributed by atoms with Crippen LogP contribution in [0.1, 0.15) is 36.2 Å². The van der Waals surface area contributed by atoms with Crippen molar-refractivity contribution < 1.29 is 9.53 Å². The smallest absolute Gasteiger partial charge is 0.251 e. The number of nitrogens with zero attached hydrogens (tertiary/aromatic N) is 1. The van der Waals surface area contributed by atoms with Crippen LogP contribution in [0.15, 0.2) is 59.6 Å². The number of ether oxygens (including phenoxy) is 1. The number of carbonyl (C=O) groups is 1. The second kappa shape index (κ2) is 14.7. The normalized spacial score (nSPS) is 10.6. The maximum Gasteiger partial charge on any atom is 0.251 e. The molecule has 0 atom stereocenters. The van der Waals surface area contributed by atoms with Gasteiger partial charge in [-0.15, -0.1) is 24.0 Å². The number of halogens is 1. The van der Waals surface area contributed by atoms with E-state index < -0.39 is 0 Å². The minimum atomic E-state index is -0.0585. The molecule has 0 unspecified atom stereocenters. The van der Waals surface area contributed by atoms with Gasteiger partial charge in [0.05, 0.1) is 13.2 Å². The Balaban J connectivity index is 0.00000420. The maximum atomic E-state index is 12.0. The first-order valence-electron chi connectivity index (χ1n) is 9.80. The molecule has 0 aliphatic heterocycles. The molecule has 6 nitrogen and oxygen atoms in total. The average Bonchev–Trinajstić information content (AvgIpc) is 2.73. The summed E-state index contributed by atoms with van der Waals surface area (Å²) >= 11 is 0. The van der Waals surface area contributed by atoms with Crippen LogP contribution in [0.4, 0.5) is 0 Å². The zero-order valence-electron chi connectivity index (χ0n) is 17.1. The summed E-state index contributed by atoms with van der Waals surface area (Å²) in [5, 5.41) is 9.37. The predicted octanol–water partition coefficient (Wildman–Crippen LogP) is 3.58. The van der Waals surface area contributed by atoms with E-state index in [0.717, 1.165) is 36.8 Å². The highest BCUT2D eigenvalue weighted by molar-refractivity contribution is 14.0. The molecule has 0 spiro atoms. The van der Waals surface area contributed by atoms with Crippen LogP contribution in [0.25, 0.3) is 0 Å². The summed E-state index contributed by atoms with van der Waals surface area (Å²) in [6.07, 6.45) is 0.867. The molecule has 2 aromatic carbocycles. The lowest BCUT2D eigenvalue weighted by Gasteiger charge is -2.12. The van der Waals surface area contributed by atoms with Crippen LogP contribution >= 0.6 is 24.0 Å². The fraction of sp³-hybridized carbons (Fsp3) is 0.364. The molecular formula is C22H31IN4O2. The third-order valence-corrected chi connectivity index (χ3v) is 3.92. The van der Waals surface area contributed by atoms with E-state index in [1.54, 1.807) is 0 Å². The van der Waals surface area contributed by atoms with Crippen molar-refractivity contribution in [2.45, 2.75) is 26.8 Å². The number of carbonyl (C=O) groups excluding carboxylic acids is 1. The van der Waals surface area contributed by atoms with Gasteiger partial charge in [0, 0.05) is 25.2 Å². The SMILES string of the molecule is CCNC(=O)c1cccc(CN=C(NCC)NCCCOc2ccccc2)c1.I. The minimum absolute atomic E-state index is 0. The van der Waals surface area contributed by atoms with Crippen molar-refractivity contribution >= 4 is 35.8 Å². The second-order valence-electron chi connectivity index (χ2n) is 6.20. The molecule has 2 rings (SSSR count). The molecular weight excluding hydrogens is 479 g/mol. The van der Waals surface area contributed by atoms with Crippen LogP contribution < -0.4 is 20.7 Å². The lowest BCUT2D eigenvalue weighted by molar-refractivity contribution is 0.0955. The first-order chi connectivity index (χ1) is 13.7. The van der Waals surface area contributed by atoms with E-state index in [0.29, 0.717) is 25.3 Å². The number of benzene rings is 2. The standard InChI is InChI=1S/C22H30N4O2.HI/c1-3-23-21(27)19-11-8-10-18(16-19)17-26-22(24-4-2)25-14-9-15-28-20-12-6-5-7-13-20;/h5-8,10-13,16H,3-4,9,14-15,17H2,1-2H3,(H,23,27)(H2,24,25,26);1H. The van der Waals surface area contributed by atoms with Crippen LogP contribution in [-0.4, -0.2) is 38.1 Å². The van der Waals surface area contributed by atoms with Gasteiger partial charge in [-0.25, -0.2) is 4.99 Å². The summed E-state index contributed by atoms with van der Waals surface area (Å²) in [5.41, 5.74) is 1.65.